The maximum Gasteiger partial charge on any atom is 0.258 e. The topological polar surface area (TPSA) is 84.8 Å². The van der Waals surface area contributed by atoms with Gasteiger partial charge in [0.1, 0.15) is 23.4 Å². The molecule has 2 unspecified atom stereocenters. The highest BCUT2D eigenvalue weighted by Gasteiger charge is 2.26. The molecule has 0 spiro atoms. The number of carbonyl (C=O) groups excluding carboxylic acids is 1. The number of thiazole rings is 1. The number of nitrogens with zero attached hydrogens (tertiary/aromatic N) is 2. The molecule has 1 aliphatic heterocycles. The number of nitrogens with one attached hydrogen (secondary N) is 2. The van der Waals surface area contributed by atoms with Gasteiger partial charge < -0.3 is 14.8 Å². The van der Waals surface area contributed by atoms with Gasteiger partial charge in [-0.05, 0) is 81.4 Å². The molecule has 7 nitrogen and oxygen atoms in total. The fourth-order valence-electron chi connectivity index (χ4n) is 3.99. The lowest BCUT2D eigenvalue weighted by Gasteiger charge is -2.25. The van der Waals surface area contributed by atoms with Crippen molar-refractivity contribution in [2.45, 2.75) is 73.0 Å². The summed E-state index contributed by atoms with van der Waals surface area (Å²) in [5.41, 5.74) is 3.93. The van der Waals surface area contributed by atoms with E-state index in [-0.39, 0.29) is 5.91 Å². The monoisotopic (exact) mass is 592 g/mol. The van der Waals surface area contributed by atoms with E-state index in [0.29, 0.717) is 50.7 Å². The second-order valence-electron chi connectivity index (χ2n) is 9.78. The van der Waals surface area contributed by atoms with E-state index in [2.05, 4.69) is 39.4 Å². The first-order valence-corrected chi connectivity index (χ1v) is 15.2. The molecule has 0 radical (unpaired) electrons. The number of anilines is 1. The van der Waals surface area contributed by atoms with Crippen molar-refractivity contribution in [3.05, 3.63) is 75.3 Å². The number of methoxy groups -OCH3 is 1. The van der Waals surface area contributed by atoms with Crippen LogP contribution in [0.15, 0.2) is 57.9 Å². The molecule has 1 aromatic heterocycles. The van der Waals surface area contributed by atoms with Crippen LogP contribution in [0.5, 0.6) is 0 Å². The minimum atomic E-state index is -1.17. The summed E-state index contributed by atoms with van der Waals surface area (Å²) < 4.78 is 26.1. The fourth-order valence-corrected chi connectivity index (χ4v) is 4.62. The van der Waals surface area contributed by atoms with Gasteiger partial charge in [0.2, 0.25) is 5.90 Å². The van der Waals surface area contributed by atoms with Gasteiger partial charge >= 0.3 is 0 Å². The van der Waals surface area contributed by atoms with E-state index in [0.717, 1.165) is 30.6 Å². The third-order valence-electron chi connectivity index (χ3n) is 6.83. The average molecular weight is 593 g/mol. The van der Waals surface area contributed by atoms with Gasteiger partial charge in [-0.15, -0.1) is 11.3 Å². The van der Waals surface area contributed by atoms with Gasteiger partial charge in [-0.25, -0.2) is 9.37 Å². The van der Waals surface area contributed by atoms with E-state index in [1.807, 2.05) is 39.1 Å². The number of amides is 1. The van der Waals surface area contributed by atoms with Crippen molar-refractivity contribution in [3.8, 4) is 11.8 Å². The van der Waals surface area contributed by atoms with Gasteiger partial charge in [-0.1, -0.05) is 26.7 Å². The molecule has 2 heterocycles. The van der Waals surface area contributed by atoms with Gasteiger partial charge in [-0.3, -0.25) is 15.1 Å². The zero-order valence-corrected chi connectivity index (χ0v) is 26.5. The molecular formula is C33H41FN4O3S. The first-order chi connectivity index (χ1) is 20.2. The van der Waals surface area contributed by atoms with Crippen molar-refractivity contribution in [1.29, 1.82) is 0 Å². The fraction of sp³-hybridized carbons (Fsp3) is 0.424. The van der Waals surface area contributed by atoms with Crippen LogP contribution in [0, 0.1) is 17.8 Å². The number of ether oxygens (including phenoxy) is 2. The van der Waals surface area contributed by atoms with Gasteiger partial charge in [0, 0.05) is 41.2 Å². The van der Waals surface area contributed by atoms with E-state index < -0.39 is 12.2 Å². The molecule has 1 amide bonds. The molecule has 224 valence electrons. The number of hydrogen-bond donors (Lipinski definition) is 2. The van der Waals surface area contributed by atoms with Gasteiger partial charge in [0.05, 0.1) is 13.2 Å². The Morgan fingerprint density at radius 1 is 1.31 bits per heavy atom. The highest BCUT2D eigenvalue weighted by Crippen LogP contribution is 2.32. The molecule has 42 heavy (non-hydrogen) atoms. The van der Waals surface area contributed by atoms with Gasteiger partial charge in [0.15, 0.2) is 5.13 Å². The number of hydrogen-bond acceptors (Lipinski definition) is 7. The number of aliphatic imine (C=N–C) groups is 1. The van der Waals surface area contributed by atoms with Crippen molar-refractivity contribution in [3.63, 3.8) is 0 Å². The number of benzene rings is 1. The maximum absolute atomic E-state index is 14.4. The maximum atomic E-state index is 14.4. The van der Waals surface area contributed by atoms with Crippen molar-refractivity contribution in [2.75, 3.05) is 19.5 Å². The molecular weight excluding hydrogens is 551 g/mol. The van der Waals surface area contributed by atoms with E-state index >= 15 is 0 Å². The molecule has 1 aromatic carbocycles. The summed E-state index contributed by atoms with van der Waals surface area (Å²) in [5, 5.41) is 8.20. The number of carbonyl (C=O) groups is 1. The van der Waals surface area contributed by atoms with Crippen LogP contribution in [0.25, 0.3) is 5.57 Å². The first-order valence-electron chi connectivity index (χ1n) is 14.3. The second kappa shape index (κ2) is 15.4. The van der Waals surface area contributed by atoms with Crippen LogP contribution >= 0.6 is 11.3 Å². The van der Waals surface area contributed by atoms with Crippen LogP contribution in [0.2, 0.25) is 0 Å². The first kappa shape index (κ1) is 32.6. The van der Waals surface area contributed by atoms with Crippen LogP contribution in [-0.2, 0) is 9.47 Å². The highest BCUT2D eigenvalue weighted by atomic mass is 32.1. The molecule has 2 aliphatic rings. The molecule has 1 saturated carbocycles. The lowest BCUT2D eigenvalue weighted by molar-refractivity contribution is 0.102. The van der Waals surface area contributed by atoms with Crippen molar-refractivity contribution in [1.82, 2.24) is 10.3 Å². The summed E-state index contributed by atoms with van der Waals surface area (Å²) in [6.07, 6.45) is 5.31. The number of allylic oxidation sites excluding steroid dienone is 3. The molecule has 2 N–H and O–H groups in total. The standard InChI is InChI=1S/C31H35FN4O3S.C2H6/c1-7-18(2)20(4)39-30(33-5)22-11-13-24(25(14-22)26-15-27(19(3)32)34-16-28(26)38-6)29(37)36-31-35-23(17-40-31)12-10-21-8-9-21;1-2/h11,13-17,19,21,27,34H,7-9H2,1-6H3,(H,35,36,37);1-2H3. The van der Waals surface area contributed by atoms with E-state index in [1.54, 1.807) is 31.5 Å². The van der Waals surface area contributed by atoms with Crippen molar-refractivity contribution < 1.29 is 18.7 Å². The number of aromatic nitrogens is 1. The summed E-state index contributed by atoms with van der Waals surface area (Å²) in [6, 6.07) is 4.74. The predicted octanol–water partition coefficient (Wildman–Crippen LogP) is 7.48. The van der Waals surface area contributed by atoms with Crippen LogP contribution in [0.1, 0.15) is 88.0 Å². The average Bonchev–Trinajstić information content (AvgIpc) is 3.75. The number of alkyl halides is 1. The number of dihydropyridines is 1. The van der Waals surface area contributed by atoms with Gasteiger partial charge in [-0.2, -0.15) is 0 Å². The summed E-state index contributed by atoms with van der Waals surface area (Å²) in [7, 11) is 3.19. The van der Waals surface area contributed by atoms with E-state index in [4.69, 9.17) is 9.47 Å². The van der Waals surface area contributed by atoms with E-state index in [1.165, 1.54) is 25.4 Å². The molecule has 1 aliphatic carbocycles. The normalized spacial score (nSPS) is 17.5. The Bertz CT molecular complexity index is 1450. The molecule has 2 aromatic rings. The molecule has 0 saturated heterocycles. The SMILES string of the molecule is CC.CCC(C)=C(C)OC(=NC)c1ccc(C(=O)Nc2nc(C#CC3CC3)cs2)c(C2=CC(C(C)F)NC=C2OC)c1. The highest BCUT2D eigenvalue weighted by molar-refractivity contribution is 7.14. The largest absolute Gasteiger partial charge is 0.495 e. The zero-order chi connectivity index (χ0) is 30.8. The van der Waals surface area contributed by atoms with Gasteiger partial charge in [0.25, 0.3) is 5.91 Å². The molecule has 2 atom stereocenters. The van der Waals surface area contributed by atoms with Crippen LogP contribution in [0.4, 0.5) is 9.52 Å². The third-order valence-corrected chi connectivity index (χ3v) is 7.58. The smallest absolute Gasteiger partial charge is 0.258 e. The zero-order valence-electron chi connectivity index (χ0n) is 25.7. The Balaban J connectivity index is 0.00000237. The Kier molecular flexibility index (Phi) is 11.9. The second-order valence-corrected chi connectivity index (χ2v) is 10.6. The Morgan fingerprint density at radius 2 is 2.05 bits per heavy atom. The van der Waals surface area contributed by atoms with Crippen LogP contribution in [-0.4, -0.2) is 43.2 Å². The third kappa shape index (κ3) is 8.32. The Hall–Kier alpha value is -3.90. The minimum absolute atomic E-state index is 0.355. The Labute approximate surface area is 253 Å². The Morgan fingerprint density at radius 3 is 2.67 bits per heavy atom. The minimum Gasteiger partial charge on any atom is -0.495 e. The lowest BCUT2D eigenvalue weighted by Crippen LogP contribution is -2.34. The molecule has 9 heteroatoms. The van der Waals surface area contributed by atoms with Crippen molar-refractivity contribution in [2.24, 2.45) is 10.9 Å². The quantitative estimate of drug-likeness (QED) is 0.144. The molecule has 1 fully saturated rings. The summed E-state index contributed by atoms with van der Waals surface area (Å²) >= 11 is 1.32. The molecule has 0 bridgehead atoms. The lowest BCUT2D eigenvalue weighted by atomic mass is 9.92. The number of rotatable bonds is 8. The van der Waals surface area contributed by atoms with Crippen LogP contribution in [0.3, 0.4) is 0 Å². The van der Waals surface area contributed by atoms with Crippen molar-refractivity contribution >= 4 is 33.8 Å². The molecule has 4 rings (SSSR count). The van der Waals surface area contributed by atoms with Crippen LogP contribution < -0.4 is 10.6 Å². The summed E-state index contributed by atoms with van der Waals surface area (Å²) in [5.74, 6) is 8.02. The summed E-state index contributed by atoms with van der Waals surface area (Å²) in [4.78, 5) is 22.4. The predicted molar refractivity (Wildman–Crippen MR) is 170 cm³/mol. The van der Waals surface area contributed by atoms with E-state index in [9.17, 15) is 9.18 Å². The summed E-state index contributed by atoms with van der Waals surface area (Å²) in [6.45, 7) is 11.5. The number of halogens is 1.